The van der Waals surface area contributed by atoms with Gasteiger partial charge in [0.05, 0.1) is 11.6 Å². The Balaban J connectivity index is 2.23. The molecule has 5 nitrogen and oxygen atoms in total. The first-order valence-corrected chi connectivity index (χ1v) is 8.05. The molecule has 0 atom stereocenters. The van der Waals surface area contributed by atoms with Gasteiger partial charge in [-0.15, -0.1) is 10.2 Å². The summed E-state index contributed by atoms with van der Waals surface area (Å²) in [5, 5.41) is 18.7. The summed E-state index contributed by atoms with van der Waals surface area (Å²) >= 11 is 5.25. The van der Waals surface area contributed by atoms with E-state index in [9.17, 15) is 9.90 Å². The number of halogens is 1. The lowest BCUT2D eigenvalue weighted by atomic mass is 10.2. The van der Waals surface area contributed by atoms with Gasteiger partial charge in [-0.3, -0.25) is 4.79 Å². The standard InChI is InChI=1S/C13H12BrN3O2S/c1-7(18)15-16-12-10-4-8(14)2-3-11(10)17(13(12)19)9-5-20-6-9/h2-4,9,19H,5-6H2,1H3. The number of rotatable bonds is 2. The molecule has 0 spiro atoms. The number of amides is 1. The summed E-state index contributed by atoms with van der Waals surface area (Å²) in [5.41, 5.74) is 1.27. The highest BCUT2D eigenvalue weighted by molar-refractivity contribution is 9.10. The third-order valence-electron chi connectivity index (χ3n) is 3.19. The second kappa shape index (κ2) is 5.21. The van der Waals surface area contributed by atoms with Gasteiger partial charge in [-0.05, 0) is 18.2 Å². The second-order valence-corrected chi connectivity index (χ2v) is 6.60. The van der Waals surface area contributed by atoms with Crippen LogP contribution >= 0.6 is 27.7 Å². The quantitative estimate of drug-likeness (QED) is 0.828. The smallest absolute Gasteiger partial charge is 0.261 e. The highest BCUT2D eigenvalue weighted by atomic mass is 79.9. The lowest BCUT2D eigenvalue weighted by molar-refractivity contribution is -0.116. The van der Waals surface area contributed by atoms with Crippen molar-refractivity contribution in [3.05, 3.63) is 22.7 Å². The summed E-state index contributed by atoms with van der Waals surface area (Å²) < 4.78 is 2.77. The molecule has 0 radical (unpaired) electrons. The number of hydrogen-bond donors (Lipinski definition) is 1. The Labute approximate surface area is 128 Å². The van der Waals surface area contributed by atoms with Crippen LogP contribution in [-0.4, -0.2) is 27.1 Å². The highest BCUT2D eigenvalue weighted by Gasteiger charge is 2.27. The van der Waals surface area contributed by atoms with Crippen LogP contribution in [0, 0.1) is 0 Å². The van der Waals surface area contributed by atoms with E-state index in [0.29, 0.717) is 5.69 Å². The van der Waals surface area contributed by atoms with E-state index in [4.69, 9.17) is 0 Å². The van der Waals surface area contributed by atoms with Crippen LogP contribution < -0.4 is 0 Å². The third kappa shape index (κ3) is 2.25. The Morgan fingerprint density at radius 1 is 1.50 bits per heavy atom. The SMILES string of the molecule is CC(=O)N=Nc1c(O)n(C2CSC2)c2ccc(Br)cc12. The van der Waals surface area contributed by atoms with Crippen molar-refractivity contribution in [3.63, 3.8) is 0 Å². The second-order valence-electron chi connectivity index (χ2n) is 4.61. The van der Waals surface area contributed by atoms with E-state index in [2.05, 4.69) is 26.2 Å². The van der Waals surface area contributed by atoms with Gasteiger partial charge in [0.15, 0.2) is 5.69 Å². The molecule has 104 valence electrons. The van der Waals surface area contributed by atoms with Crippen molar-refractivity contribution in [3.8, 4) is 5.88 Å². The maximum Gasteiger partial charge on any atom is 0.261 e. The number of fused-ring (bicyclic) bond motifs is 1. The van der Waals surface area contributed by atoms with Crippen LogP contribution in [0.2, 0.25) is 0 Å². The molecule has 3 rings (SSSR count). The molecule has 1 aliphatic heterocycles. The summed E-state index contributed by atoms with van der Waals surface area (Å²) in [6, 6.07) is 6.02. The largest absolute Gasteiger partial charge is 0.493 e. The van der Waals surface area contributed by atoms with Gasteiger partial charge in [-0.2, -0.15) is 11.8 Å². The monoisotopic (exact) mass is 353 g/mol. The van der Waals surface area contributed by atoms with E-state index in [-0.39, 0.29) is 17.8 Å². The number of thioether (sulfide) groups is 1. The molecular weight excluding hydrogens is 342 g/mol. The number of hydrogen-bond acceptors (Lipinski definition) is 4. The zero-order chi connectivity index (χ0) is 14.3. The van der Waals surface area contributed by atoms with Crippen molar-refractivity contribution >= 4 is 50.2 Å². The number of nitrogens with zero attached hydrogens (tertiary/aromatic N) is 3. The average molecular weight is 354 g/mol. The average Bonchev–Trinajstić information content (AvgIpc) is 2.58. The van der Waals surface area contributed by atoms with E-state index in [0.717, 1.165) is 26.9 Å². The van der Waals surface area contributed by atoms with Gasteiger partial charge in [-0.1, -0.05) is 15.9 Å². The van der Waals surface area contributed by atoms with Crippen molar-refractivity contribution in [2.24, 2.45) is 10.2 Å². The number of benzene rings is 1. The fourth-order valence-corrected chi connectivity index (χ4v) is 3.32. The van der Waals surface area contributed by atoms with Gasteiger partial charge in [0.25, 0.3) is 5.91 Å². The van der Waals surface area contributed by atoms with Gasteiger partial charge in [0, 0.05) is 28.3 Å². The fraction of sp³-hybridized carbons (Fsp3) is 0.308. The lowest BCUT2D eigenvalue weighted by Gasteiger charge is -2.27. The molecule has 20 heavy (non-hydrogen) atoms. The van der Waals surface area contributed by atoms with Gasteiger partial charge in [0.1, 0.15) is 0 Å². The minimum Gasteiger partial charge on any atom is -0.493 e. The number of aromatic nitrogens is 1. The number of carbonyl (C=O) groups excluding carboxylic acids is 1. The Bertz CT molecular complexity index is 722. The van der Waals surface area contributed by atoms with E-state index in [1.807, 2.05) is 34.5 Å². The Morgan fingerprint density at radius 3 is 2.85 bits per heavy atom. The minimum atomic E-state index is -0.389. The van der Waals surface area contributed by atoms with Crippen LogP contribution in [-0.2, 0) is 4.79 Å². The van der Waals surface area contributed by atoms with Crippen LogP contribution in [0.3, 0.4) is 0 Å². The first-order valence-electron chi connectivity index (χ1n) is 6.10. The molecule has 0 bridgehead atoms. The number of carbonyl (C=O) groups is 1. The molecule has 0 saturated carbocycles. The van der Waals surface area contributed by atoms with Crippen molar-refractivity contribution in [1.82, 2.24) is 4.57 Å². The van der Waals surface area contributed by atoms with Crippen LogP contribution in [0.15, 0.2) is 32.9 Å². The topological polar surface area (TPSA) is 66.9 Å². The van der Waals surface area contributed by atoms with Gasteiger partial charge < -0.3 is 9.67 Å². The van der Waals surface area contributed by atoms with Crippen molar-refractivity contribution < 1.29 is 9.90 Å². The normalized spacial score (nSPS) is 15.9. The summed E-state index contributed by atoms with van der Waals surface area (Å²) in [6.07, 6.45) is 0. The molecule has 1 amide bonds. The van der Waals surface area contributed by atoms with Gasteiger partial charge in [0.2, 0.25) is 5.88 Å². The molecule has 1 fully saturated rings. The molecule has 2 aromatic rings. The molecule has 1 aromatic carbocycles. The van der Waals surface area contributed by atoms with E-state index in [1.54, 1.807) is 0 Å². The lowest BCUT2D eigenvalue weighted by Crippen LogP contribution is -2.22. The Kier molecular flexibility index (Phi) is 3.55. The Morgan fingerprint density at radius 2 is 2.25 bits per heavy atom. The van der Waals surface area contributed by atoms with E-state index in [1.165, 1.54) is 6.92 Å². The molecule has 1 saturated heterocycles. The summed E-state index contributed by atoms with van der Waals surface area (Å²) in [5.74, 6) is 1.63. The van der Waals surface area contributed by atoms with Crippen LogP contribution in [0.1, 0.15) is 13.0 Å². The summed E-state index contributed by atoms with van der Waals surface area (Å²) in [6.45, 7) is 1.33. The Hall–Kier alpha value is -1.34. The van der Waals surface area contributed by atoms with Crippen molar-refractivity contribution in [2.45, 2.75) is 13.0 Å². The van der Waals surface area contributed by atoms with Crippen molar-refractivity contribution in [1.29, 1.82) is 0 Å². The molecule has 0 unspecified atom stereocenters. The highest BCUT2D eigenvalue weighted by Crippen LogP contribution is 2.45. The fourth-order valence-electron chi connectivity index (χ4n) is 2.22. The summed E-state index contributed by atoms with van der Waals surface area (Å²) in [7, 11) is 0. The van der Waals surface area contributed by atoms with Crippen LogP contribution in [0.5, 0.6) is 5.88 Å². The van der Waals surface area contributed by atoms with Crippen molar-refractivity contribution in [2.75, 3.05) is 11.5 Å². The maximum absolute atomic E-state index is 11.0. The van der Waals surface area contributed by atoms with E-state index < -0.39 is 0 Å². The molecule has 0 aliphatic carbocycles. The molecule has 7 heteroatoms. The van der Waals surface area contributed by atoms with Crippen LogP contribution in [0.25, 0.3) is 10.9 Å². The molecule has 2 heterocycles. The van der Waals surface area contributed by atoms with Gasteiger partial charge in [-0.25, -0.2) is 0 Å². The predicted octanol–water partition coefficient (Wildman–Crippen LogP) is 4.03. The third-order valence-corrected chi connectivity index (χ3v) is 4.92. The zero-order valence-electron chi connectivity index (χ0n) is 10.7. The van der Waals surface area contributed by atoms with E-state index >= 15 is 0 Å². The maximum atomic E-state index is 11.0. The molecular formula is C13H12BrN3O2S. The minimum absolute atomic E-state index is 0.0772. The first kappa shape index (κ1) is 13.6. The van der Waals surface area contributed by atoms with Crippen LogP contribution in [0.4, 0.5) is 5.69 Å². The molecule has 1 N–H and O–H groups in total. The number of azo groups is 1. The summed E-state index contributed by atoms with van der Waals surface area (Å²) in [4.78, 5) is 11.0. The van der Waals surface area contributed by atoms with Gasteiger partial charge >= 0.3 is 0 Å². The number of aromatic hydroxyl groups is 1. The molecule has 1 aliphatic rings. The first-order chi connectivity index (χ1) is 9.58. The zero-order valence-corrected chi connectivity index (χ0v) is 13.1. The predicted molar refractivity (Wildman–Crippen MR) is 82.9 cm³/mol. The molecule has 1 aromatic heterocycles.